The van der Waals surface area contributed by atoms with E-state index in [1.54, 1.807) is 0 Å². The van der Waals surface area contributed by atoms with Crippen molar-refractivity contribution < 1.29 is 9.47 Å². The van der Waals surface area contributed by atoms with E-state index in [2.05, 4.69) is 9.80 Å². The third kappa shape index (κ3) is 2.82. The average Bonchev–Trinajstić information content (AvgIpc) is 2.90. The highest BCUT2D eigenvalue weighted by molar-refractivity contribution is 4.96. The fraction of sp³-hybridized carbons (Fsp3) is 1.00. The van der Waals surface area contributed by atoms with Crippen LogP contribution in [-0.2, 0) is 9.47 Å². The van der Waals surface area contributed by atoms with Crippen LogP contribution in [0.25, 0.3) is 0 Å². The summed E-state index contributed by atoms with van der Waals surface area (Å²) in [6.07, 6.45) is 6.33. The van der Waals surface area contributed by atoms with Gasteiger partial charge >= 0.3 is 0 Å². The summed E-state index contributed by atoms with van der Waals surface area (Å²) < 4.78 is 11.8. The van der Waals surface area contributed by atoms with Crippen LogP contribution >= 0.6 is 0 Å². The average molecular weight is 266 g/mol. The number of hydrogen-bond donors (Lipinski definition) is 0. The van der Waals surface area contributed by atoms with Gasteiger partial charge in [-0.3, -0.25) is 9.80 Å². The van der Waals surface area contributed by atoms with Gasteiger partial charge in [-0.2, -0.15) is 0 Å². The van der Waals surface area contributed by atoms with Gasteiger partial charge < -0.3 is 9.47 Å². The second-order valence-corrected chi connectivity index (χ2v) is 6.77. The van der Waals surface area contributed by atoms with Crippen molar-refractivity contribution in [3.05, 3.63) is 0 Å². The van der Waals surface area contributed by atoms with E-state index < -0.39 is 0 Å². The molecule has 0 spiro atoms. The molecular formula is C15H26N2O2. The second kappa shape index (κ2) is 5.32. The van der Waals surface area contributed by atoms with Crippen LogP contribution in [0.5, 0.6) is 0 Å². The number of morpholine rings is 1. The first-order valence-electron chi connectivity index (χ1n) is 8.08. The van der Waals surface area contributed by atoms with Crippen molar-refractivity contribution in [2.45, 2.75) is 43.9 Å². The number of nitrogens with zero attached hydrogens (tertiary/aromatic N) is 2. The van der Waals surface area contributed by atoms with Crippen LogP contribution in [0, 0.1) is 5.92 Å². The highest BCUT2D eigenvalue weighted by atomic mass is 16.5. The summed E-state index contributed by atoms with van der Waals surface area (Å²) in [4.78, 5) is 5.29. The van der Waals surface area contributed by atoms with Crippen LogP contribution in [0.3, 0.4) is 0 Å². The molecule has 0 aromatic carbocycles. The molecule has 0 bridgehead atoms. The first-order valence-corrected chi connectivity index (χ1v) is 8.08. The van der Waals surface area contributed by atoms with Gasteiger partial charge in [0.2, 0.25) is 0 Å². The zero-order valence-corrected chi connectivity index (χ0v) is 11.8. The molecule has 1 aliphatic carbocycles. The summed E-state index contributed by atoms with van der Waals surface area (Å²) in [7, 11) is 0. The number of hydrogen-bond acceptors (Lipinski definition) is 4. The molecule has 3 heterocycles. The van der Waals surface area contributed by atoms with E-state index in [0.29, 0.717) is 18.2 Å². The quantitative estimate of drug-likeness (QED) is 0.757. The minimum atomic E-state index is 0.453. The molecule has 3 atom stereocenters. The third-order valence-corrected chi connectivity index (χ3v) is 5.17. The van der Waals surface area contributed by atoms with Gasteiger partial charge in [-0.25, -0.2) is 0 Å². The van der Waals surface area contributed by atoms with Crippen molar-refractivity contribution in [3.63, 3.8) is 0 Å². The number of fused-ring (bicyclic) bond motifs is 1. The Bertz CT molecular complexity index is 315. The van der Waals surface area contributed by atoms with E-state index in [4.69, 9.17) is 9.47 Å². The minimum Gasteiger partial charge on any atom is -0.377 e. The number of ether oxygens (including phenoxy) is 2. The number of rotatable bonds is 4. The van der Waals surface area contributed by atoms with Crippen molar-refractivity contribution in [1.29, 1.82) is 0 Å². The Morgan fingerprint density at radius 1 is 0.947 bits per heavy atom. The minimum absolute atomic E-state index is 0.453. The van der Waals surface area contributed by atoms with E-state index in [-0.39, 0.29) is 0 Å². The standard InChI is InChI=1S/C15H26N2O2/c1-2-13(18-6-1)9-17-5-7-19-15-11-16(10-14(15)17)8-12-3-4-12/h12-15H,1-11H2/t13?,14-,15+/m1/s1. The lowest BCUT2D eigenvalue weighted by Crippen LogP contribution is -2.52. The van der Waals surface area contributed by atoms with Crippen molar-refractivity contribution in [2.75, 3.05) is 45.9 Å². The van der Waals surface area contributed by atoms with Gasteiger partial charge in [-0.1, -0.05) is 0 Å². The predicted octanol–water partition coefficient (Wildman–Crippen LogP) is 0.960. The summed E-state index contributed by atoms with van der Waals surface area (Å²) >= 11 is 0. The van der Waals surface area contributed by atoms with Gasteiger partial charge in [0.25, 0.3) is 0 Å². The van der Waals surface area contributed by atoms with Gasteiger partial charge in [0.15, 0.2) is 0 Å². The SMILES string of the molecule is C1COC(CN2CCO[C@H]3CN(CC4CC4)C[C@H]32)C1. The van der Waals surface area contributed by atoms with E-state index >= 15 is 0 Å². The molecule has 0 radical (unpaired) electrons. The molecule has 3 saturated heterocycles. The van der Waals surface area contributed by atoms with Crippen LogP contribution in [0.4, 0.5) is 0 Å². The van der Waals surface area contributed by atoms with E-state index in [0.717, 1.165) is 38.8 Å². The van der Waals surface area contributed by atoms with Crippen LogP contribution < -0.4 is 0 Å². The van der Waals surface area contributed by atoms with Gasteiger partial charge in [-0.15, -0.1) is 0 Å². The van der Waals surface area contributed by atoms with E-state index in [1.807, 2.05) is 0 Å². The Kier molecular flexibility index (Phi) is 3.52. The van der Waals surface area contributed by atoms with Gasteiger partial charge in [0, 0.05) is 45.4 Å². The zero-order chi connectivity index (χ0) is 12.7. The topological polar surface area (TPSA) is 24.9 Å². The summed E-state index contributed by atoms with van der Waals surface area (Å²) in [5, 5.41) is 0. The summed E-state index contributed by atoms with van der Waals surface area (Å²) in [6, 6.07) is 0.622. The molecule has 108 valence electrons. The summed E-state index contributed by atoms with van der Waals surface area (Å²) in [6.45, 7) is 7.78. The molecule has 0 N–H and O–H groups in total. The van der Waals surface area contributed by atoms with Crippen molar-refractivity contribution in [2.24, 2.45) is 5.92 Å². The normalized spacial score (nSPS) is 40.7. The molecule has 4 rings (SSSR count). The highest BCUT2D eigenvalue weighted by Crippen LogP contribution is 2.32. The van der Waals surface area contributed by atoms with Gasteiger partial charge in [-0.05, 0) is 31.6 Å². The fourth-order valence-electron chi connectivity index (χ4n) is 3.93. The molecule has 0 aromatic heterocycles. The molecule has 4 aliphatic rings. The van der Waals surface area contributed by atoms with E-state index in [9.17, 15) is 0 Å². The van der Waals surface area contributed by atoms with Crippen LogP contribution in [-0.4, -0.2) is 74.0 Å². The maximum Gasteiger partial charge on any atom is 0.0869 e. The second-order valence-electron chi connectivity index (χ2n) is 6.77. The third-order valence-electron chi connectivity index (χ3n) is 5.17. The Morgan fingerprint density at radius 3 is 2.68 bits per heavy atom. The molecule has 19 heavy (non-hydrogen) atoms. The van der Waals surface area contributed by atoms with Crippen molar-refractivity contribution in [3.8, 4) is 0 Å². The number of likely N-dealkylation sites (tertiary alicyclic amines) is 1. The monoisotopic (exact) mass is 266 g/mol. The maximum absolute atomic E-state index is 6.00. The molecule has 0 amide bonds. The first kappa shape index (κ1) is 12.6. The predicted molar refractivity (Wildman–Crippen MR) is 73.2 cm³/mol. The first-order chi connectivity index (χ1) is 9.38. The van der Waals surface area contributed by atoms with Crippen LogP contribution in [0.15, 0.2) is 0 Å². The van der Waals surface area contributed by atoms with Crippen molar-refractivity contribution >= 4 is 0 Å². The molecule has 4 nitrogen and oxygen atoms in total. The zero-order valence-electron chi connectivity index (χ0n) is 11.8. The van der Waals surface area contributed by atoms with Crippen LogP contribution in [0.2, 0.25) is 0 Å². The molecular weight excluding hydrogens is 240 g/mol. The largest absolute Gasteiger partial charge is 0.377 e. The lowest BCUT2D eigenvalue weighted by Gasteiger charge is -2.38. The summed E-state index contributed by atoms with van der Waals surface area (Å²) in [5.74, 6) is 0.992. The van der Waals surface area contributed by atoms with Gasteiger partial charge in [0.05, 0.1) is 18.8 Å². The summed E-state index contributed by atoms with van der Waals surface area (Å²) in [5.41, 5.74) is 0. The Balaban J connectivity index is 1.35. The van der Waals surface area contributed by atoms with Crippen LogP contribution in [0.1, 0.15) is 25.7 Å². The molecule has 3 aliphatic heterocycles. The smallest absolute Gasteiger partial charge is 0.0869 e. The van der Waals surface area contributed by atoms with E-state index in [1.165, 1.54) is 38.8 Å². The molecule has 0 aromatic rings. The highest BCUT2D eigenvalue weighted by Gasteiger charge is 2.42. The maximum atomic E-state index is 6.00. The van der Waals surface area contributed by atoms with Crippen molar-refractivity contribution in [1.82, 2.24) is 9.80 Å². The lowest BCUT2D eigenvalue weighted by molar-refractivity contribution is -0.0615. The Hall–Kier alpha value is -0.160. The molecule has 1 unspecified atom stereocenters. The fourth-order valence-corrected chi connectivity index (χ4v) is 3.93. The molecule has 1 saturated carbocycles. The molecule has 4 fully saturated rings. The molecule has 4 heteroatoms. The Morgan fingerprint density at radius 2 is 1.89 bits per heavy atom. The Labute approximate surface area is 116 Å². The van der Waals surface area contributed by atoms with Gasteiger partial charge in [0.1, 0.15) is 0 Å². The lowest BCUT2D eigenvalue weighted by atomic mass is 10.1.